The molecule has 2 aromatic rings. The summed E-state index contributed by atoms with van der Waals surface area (Å²) in [6.45, 7) is 10.0. The monoisotopic (exact) mass is 367 g/mol. The van der Waals surface area contributed by atoms with E-state index in [-0.39, 0.29) is 18.4 Å². The Hall–Kier alpha value is -2.82. The first-order valence-electron chi connectivity index (χ1n) is 9.40. The van der Waals surface area contributed by atoms with Crippen LogP contribution in [0.15, 0.2) is 48.5 Å². The van der Waals surface area contributed by atoms with Crippen LogP contribution in [-0.2, 0) is 16.1 Å². The van der Waals surface area contributed by atoms with Crippen molar-refractivity contribution in [3.8, 4) is 0 Å². The average molecular weight is 367 g/mol. The largest absolute Gasteiger partial charge is 0.372 e. The van der Waals surface area contributed by atoms with Gasteiger partial charge in [0.2, 0.25) is 11.8 Å². The molecule has 5 nitrogen and oxygen atoms in total. The summed E-state index contributed by atoms with van der Waals surface area (Å²) in [5.74, 6) is -0.335. The highest BCUT2D eigenvalue weighted by molar-refractivity contribution is 5.97. The van der Waals surface area contributed by atoms with E-state index in [0.29, 0.717) is 6.54 Å². The number of benzene rings is 2. The van der Waals surface area contributed by atoms with Crippen LogP contribution in [-0.4, -0.2) is 31.4 Å². The van der Waals surface area contributed by atoms with Gasteiger partial charge in [-0.1, -0.05) is 24.3 Å². The number of hydrogen-bond donors (Lipinski definition) is 1. The highest BCUT2D eigenvalue weighted by Crippen LogP contribution is 2.21. The second-order valence-corrected chi connectivity index (χ2v) is 6.50. The van der Waals surface area contributed by atoms with Crippen molar-refractivity contribution < 1.29 is 9.59 Å². The van der Waals surface area contributed by atoms with E-state index in [9.17, 15) is 9.59 Å². The summed E-state index contributed by atoms with van der Waals surface area (Å²) in [4.78, 5) is 28.2. The molecule has 0 saturated carbocycles. The second kappa shape index (κ2) is 9.76. The number of aryl methyl sites for hydroxylation is 1. The maximum Gasteiger partial charge on any atom is 0.240 e. The van der Waals surface area contributed by atoms with E-state index in [1.807, 2.05) is 55.5 Å². The van der Waals surface area contributed by atoms with Gasteiger partial charge < -0.3 is 15.1 Å². The van der Waals surface area contributed by atoms with E-state index >= 15 is 0 Å². The van der Waals surface area contributed by atoms with Gasteiger partial charge in [0.1, 0.15) is 6.54 Å². The van der Waals surface area contributed by atoms with Crippen LogP contribution in [0.1, 0.15) is 31.9 Å². The van der Waals surface area contributed by atoms with E-state index in [1.165, 1.54) is 11.8 Å². The highest BCUT2D eigenvalue weighted by Gasteiger charge is 2.16. The first-order chi connectivity index (χ1) is 13.0. The fraction of sp³-hybridized carbons (Fsp3) is 0.364. The quantitative estimate of drug-likeness (QED) is 0.777. The average Bonchev–Trinajstić information content (AvgIpc) is 2.67. The minimum Gasteiger partial charge on any atom is -0.372 e. The zero-order valence-electron chi connectivity index (χ0n) is 16.7. The number of anilines is 2. The first kappa shape index (κ1) is 20.5. The Balaban J connectivity index is 2.03. The number of carbonyl (C=O) groups excluding carboxylic acids is 2. The van der Waals surface area contributed by atoms with Gasteiger partial charge in [0.15, 0.2) is 0 Å². The molecular formula is C22H29N3O2. The van der Waals surface area contributed by atoms with Gasteiger partial charge in [-0.05, 0) is 56.2 Å². The van der Waals surface area contributed by atoms with Gasteiger partial charge >= 0.3 is 0 Å². The normalized spacial score (nSPS) is 10.4. The smallest absolute Gasteiger partial charge is 0.240 e. The van der Waals surface area contributed by atoms with Gasteiger partial charge in [0.25, 0.3) is 0 Å². The number of hydrogen-bond acceptors (Lipinski definition) is 3. The van der Waals surface area contributed by atoms with Gasteiger partial charge in [-0.2, -0.15) is 0 Å². The second-order valence-electron chi connectivity index (χ2n) is 6.50. The van der Waals surface area contributed by atoms with Gasteiger partial charge in [-0.15, -0.1) is 0 Å². The van der Waals surface area contributed by atoms with E-state index in [1.54, 1.807) is 0 Å². The standard InChI is InChI=1S/C22H29N3O2/c1-5-24(6-2)20-11-13-21(14-12-20)25(18(4)26)16-22(27)23-15-19-10-8-7-9-17(19)3/h7-14H,5-6,15-16H2,1-4H3,(H,23,27). The first-order valence-corrected chi connectivity index (χ1v) is 9.40. The van der Waals surface area contributed by atoms with E-state index in [2.05, 4.69) is 24.1 Å². The molecule has 0 saturated heterocycles. The van der Waals surface area contributed by atoms with Gasteiger partial charge in [-0.25, -0.2) is 0 Å². The molecule has 1 N–H and O–H groups in total. The maximum atomic E-state index is 12.4. The van der Waals surface area contributed by atoms with Crippen LogP contribution in [0.4, 0.5) is 11.4 Å². The van der Waals surface area contributed by atoms with Crippen LogP contribution in [0.25, 0.3) is 0 Å². The van der Waals surface area contributed by atoms with Crippen LogP contribution in [0, 0.1) is 6.92 Å². The molecule has 144 valence electrons. The highest BCUT2D eigenvalue weighted by atomic mass is 16.2. The van der Waals surface area contributed by atoms with Crippen molar-refractivity contribution in [1.29, 1.82) is 0 Å². The summed E-state index contributed by atoms with van der Waals surface area (Å²) in [7, 11) is 0. The molecule has 0 radical (unpaired) electrons. The molecule has 0 spiro atoms. The summed E-state index contributed by atoms with van der Waals surface area (Å²) in [6, 6.07) is 15.7. The molecule has 0 heterocycles. The summed E-state index contributed by atoms with van der Waals surface area (Å²) in [5, 5.41) is 2.90. The molecule has 0 unspecified atom stereocenters. The Labute approximate surface area is 162 Å². The van der Waals surface area contributed by atoms with Crippen LogP contribution in [0.3, 0.4) is 0 Å². The summed E-state index contributed by atoms with van der Waals surface area (Å²) >= 11 is 0. The minimum atomic E-state index is -0.179. The molecular weight excluding hydrogens is 338 g/mol. The third-order valence-corrected chi connectivity index (χ3v) is 4.71. The van der Waals surface area contributed by atoms with Crippen LogP contribution >= 0.6 is 0 Å². The lowest BCUT2D eigenvalue weighted by Gasteiger charge is -2.24. The molecule has 0 aliphatic rings. The predicted molar refractivity (Wildman–Crippen MR) is 111 cm³/mol. The Morgan fingerprint density at radius 3 is 2.07 bits per heavy atom. The fourth-order valence-electron chi connectivity index (χ4n) is 3.02. The minimum absolute atomic E-state index is 0.00578. The zero-order chi connectivity index (χ0) is 19.8. The van der Waals surface area contributed by atoms with Crippen molar-refractivity contribution >= 4 is 23.2 Å². The molecule has 0 atom stereocenters. The van der Waals surface area contributed by atoms with E-state index in [4.69, 9.17) is 0 Å². The van der Waals surface area contributed by atoms with Gasteiger partial charge in [0.05, 0.1) is 0 Å². The molecule has 0 aromatic heterocycles. The van der Waals surface area contributed by atoms with Crippen molar-refractivity contribution in [2.75, 3.05) is 29.4 Å². The van der Waals surface area contributed by atoms with Crippen molar-refractivity contribution in [1.82, 2.24) is 5.32 Å². The summed E-state index contributed by atoms with van der Waals surface area (Å²) < 4.78 is 0. The summed E-state index contributed by atoms with van der Waals surface area (Å²) in [6.07, 6.45) is 0. The molecule has 2 amide bonds. The molecule has 0 fully saturated rings. The predicted octanol–water partition coefficient (Wildman–Crippen LogP) is 3.51. The van der Waals surface area contributed by atoms with Gasteiger partial charge in [-0.3, -0.25) is 9.59 Å². The fourth-order valence-corrected chi connectivity index (χ4v) is 3.02. The van der Waals surface area contributed by atoms with Crippen LogP contribution in [0.5, 0.6) is 0 Å². The lowest BCUT2D eigenvalue weighted by molar-refractivity contribution is -0.123. The molecule has 0 aliphatic carbocycles. The van der Waals surface area contributed by atoms with Crippen molar-refractivity contribution in [2.45, 2.75) is 34.2 Å². The Morgan fingerprint density at radius 1 is 0.926 bits per heavy atom. The molecule has 27 heavy (non-hydrogen) atoms. The van der Waals surface area contributed by atoms with Crippen LogP contribution in [0.2, 0.25) is 0 Å². The Kier molecular flexibility index (Phi) is 7.41. The third kappa shape index (κ3) is 5.58. The van der Waals surface area contributed by atoms with Crippen molar-refractivity contribution in [2.24, 2.45) is 0 Å². The Morgan fingerprint density at radius 2 is 1.52 bits per heavy atom. The topological polar surface area (TPSA) is 52.6 Å². The molecule has 0 bridgehead atoms. The Bertz CT molecular complexity index is 767. The number of nitrogens with one attached hydrogen (secondary N) is 1. The lowest BCUT2D eigenvalue weighted by atomic mass is 10.1. The summed E-state index contributed by atoms with van der Waals surface area (Å²) in [5.41, 5.74) is 4.04. The molecule has 2 aromatic carbocycles. The number of rotatable bonds is 8. The third-order valence-electron chi connectivity index (χ3n) is 4.71. The number of amides is 2. The van der Waals surface area contributed by atoms with E-state index in [0.717, 1.165) is 35.6 Å². The molecule has 5 heteroatoms. The number of nitrogens with zero attached hydrogens (tertiary/aromatic N) is 2. The number of carbonyl (C=O) groups is 2. The maximum absolute atomic E-state index is 12.4. The van der Waals surface area contributed by atoms with Crippen molar-refractivity contribution in [3.05, 3.63) is 59.7 Å². The zero-order valence-corrected chi connectivity index (χ0v) is 16.7. The lowest BCUT2D eigenvalue weighted by Crippen LogP contribution is -2.39. The van der Waals surface area contributed by atoms with Gasteiger partial charge in [0, 0.05) is 37.9 Å². The molecule has 0 aliphatic heterocycles. The van der Waals surface area contributed by atoms with E-state index < -0.39 is 0 Å². The SMILES string of the molecule is CCN(CC)c1ccc(N(CC(=O)NCc2ccccc2C)C(C)=O)cc1. The van der Waals surface area contributed by atoms with Crippen molar-refractivity contribution in [3.63, 3.8) is 0 Å². The molecule has 2 rings (SSSR count). The van der Waals surface area contributed by atoms with Crippen LogP contribution < -0.4 is 15.1 Å².